The molecule has 1 unspecified atom stereocenters. The molecule has 7 heteroatoms. The summed E-state index contributed by atoms with van der Waals surface area (Å²) in [6.45, 7) is 4.05. The number of nitrogens with two attached hydrogens (primary N) is 1. The third-order valence-corrected chi connectivity index (χ3v) is 4.74. The second-order valence-corrected chi connectivity index (χ2v) is 6.76. The minimum absolute atomic E-state index is 0.0639. The Bertz CT molecular complexity index is 570. The van der Waals surface area contributed by atoms with Gasteiger partial charge in [-0.3, -0.25) is 0 Å². The summed E-state index contributed by atoms with van der Waals surface area (Å²) in [4.78, 5) is 2.00. The fourth-order valence-electron chi connectivity index (χ4n) is 1.54. The molecule has 1 aromatic rings. The molecule has 0 amide bonds. The highest BCUT2D eigenvalue weighted by molar-refractivity contribution is 7.89. The van der Waals surface area contributed by atoms with E-state index in [4.69, 9.17) is 10.5 Å². The summed E-state index contributed by atoms with van der Waals surface area (Å²) in [5.41, 5.74) is 6.99. The molecule has 0 fully saturated rings. The molecule has 114 valence electrons. The summed E-state index contributed by atoms with van der Waals surface area (Å²) in [6, 6.07) is 3.13. The Morgan fingerprint density at radius 3 is 2.50 bits per heavy atom. The second kappa shape index (κ2) is 6.43. The molecule has 0 radical (unpaired) electrons. The summed E-state index contributed by atoms with van der Waals surface area (Å²) in [5.74, 6) is 0.293. The van der Waals surface area contributed by atoms with Crippen molar-refractivity contribution in [2.45, 2.75) is 24.8 Å². The van der Waals surface area contributed by atoms with Crippen LogP contribution in [0.5, 0.6) is 5.75 Å². The van der Waals surface area contributed by atoms with Crippen molar-refractivity contribution in [2.24, 2.45) is 0 Å². The second-order valence-electron chi connectivity index (χ2n) is 5.02. The van der Waals surface area contributed by atoms with E-state index >= 15 is 0 Å². The molecular weight excluding hydrogens is 278 g/mol. The summed E-state index contributed by atoms with van der Waals surface area (Å²) >= 11 is 0. The Morgan fingerprint density at radius 2 is 2.00 bits per heavy atom. The number of hydrogen-bond donors (Lipinski definition) is 2. The van der Waals surface area contributed by atoms with Crippen molar-refractivity contribution in [3.05, 3.63) is 17.7 Å². The number of nitrogen functional groups attached to an aromatic ring is 1. The molecule has 0 aliphatic carbocycles. The number of likely N-dealkylation sites (N-methyl/N-ethyl adjacent to an activating group) is 1. The van der Waals surface area contributed by atoms with Crippen molar-refractivity contribution in [3.63, 3.8) is 0 Å². The van der Waals surface area contributed by atoms with Crippen LogP contribution in [0.3, 0.4) is 0 Å². The first-order valence-electron chi connectivity index (χ1n) is 6.29. The minimum Gasteiger partial charge on any atom is -0.495 e. The molecule has 0 saturated heterocycles. The minimum atomic E-state index is -3.65. The number of benzene rings is 1. The quantitative estimate of drug-likeness (QED) is 0.760. The number of hydrogen-bond acceptors (Lipinski definition) is 5. The Kier molecular flexibility index (Phi) is 5.38. The molecule has 0 aliphatic rings. The van der Waals surface area contributed by atoms with Gasteiger partial charge in [0.1, 0.15) is 10.6 Å². The highest BCUT2D eigenvalue weighted by Crippen LogP contribution is 2.28. The molecular formula is C13H23N3O3S. The van der Waals surface area contributed by atoms with Gasteiger partial charge in [0.25, 0.3) is 0 Å². The lowest BCUT2D eigenvalue weighted by Gasteiger charge is -2.20. The number of anilines is 1. The monoisotopic (exact) mass is 301 g/mol. The maximum atomic E-state index is 12.3. The zero-order valence-corrected chi connectivity index (χ0v) is 13.4. The van der Waals surface area contributed by atoms with Crippen molar-refractivity contribution in [3.8, 4) is 5.75 Å². The fraction of sp³-hybridized carbons (Fsp3) is 0.538. The fourth-order valence-corrected chi connectivity index (χ4v) is 2.84. The molecule has 0 aliphatic heterocycles. The Balaban J connectivity index is 3.06. The summed E-state index contributed by atoms with van der Waals surface area (Å²) < 4.78 is 32.4. The van der Waals surface area contributed by atoms with E-state index < -0.39 is 10.0 Å². The SMILES string of the molecule is COc1cc(C)c(N)cc1S(=O)(=O)NCC(C)N(C)C. The zero-order chi connectivity index (χ0) is 15.5. The molecule has 0 aromatic heterocycles. The largest absolute Gasteiger partial charge is 0.495 e. The number of rotatable bonds is 6. The number of nitrogens with one attached hydrogen (secondary N) is 1. The van der Waals surface area contributed by atoms with Gasteiger partial charge in [0, 0.05) is 18.3 Å². The van der Waals surface area contributed by atoms with Crippen LogP contribution in [0.15, 0.2) is 17.0 Å². The number of sulfonamides is 1. The maximum absolute atomic E-state index is 12.3. The summed E-state index contributed by atoms with van der Waals surface area (Å²) in [6.07, 6.45) is 0. The first kappa shape index (κ1) is 16.7. The maximum Gasteiger partial charge on any atom is 0.244 e. The first-order chi connectivity index (χ1) is 9.19. The lowest BCUT2D eigenvalue weighted by atomic mass is 10.2. The Morgan fingerprint density at radius 1 is 1.40 bits per heavy atom. The van der Waals surface area contributed by atoms with E-state index in [-0.39, 0.29) is 10.9 Å². The van der Waals surface area contributed by atoms with Crippen molar-refractivity contribution >= 4 is 15.7 Å². The first-order valence-corrected chi connectivity index (χ1v) is 7.77. The van der Waals surface area contributed by atoms with Crippen molar-refractivity contribution in [1.29, 1.82) is 0 Å². The number of aryl methyl sites for hydroxylation is 1. The third-order valence-electron chi connectivity index (χ3n) is 3.29. The Labute approximate surface area is 121 Å². The van der Waals surface area contributed by atoms with Crippen LogP contribution < -0.4 is 15.2 Å². The van der Waals surface area contributed by atoms with Gasteiger partial charge >= 0.3 is 0 Å². The van der Waals surface area contributed by atoms with Crippen molar-refractivity contribution in [1.82, 2.24) is 9.62 Å². The van der Waals surface area contributed by atoms with Crippen LogP contribution in [-0.2, 0) is 10.0 Å². The van der Waals surface area contributed by atoms with E-state index in [0.717, 1.165) is 5.56 Å². The van der Waals surface area contributed by atoms with Gasteiger partial charge in [0.2, 0.25) is 10.0 Å². The van der Waals surface area contributed by atoms with Crippen LogP contribution in [0, 0.1) is 6.92 Å². The molecule has 0 heterocycles. The molecule has 3 N–H and O–H groups in total. The Hall–Kier alpha value is -1.31. The van der Waals surface area contributed by atoms with Gasteiger partial charge in [-0.05, 0) is 45.6 Å². The molecule has 0 spiro atoms. The van der Waals surface area contributed by atoms with Crippen LogP contribution in [-0.4, -0.2) is 47.1 Å². The molecule has 0 saturated carbocycles. The predicted molar refractivity (Wildman–Crippen MR) is 80.5 cm³/mol. The zero-order valence-electron chi connectivity index (χ0n) is 12.6. The van der Waals surface area contributed by atoms with Crippen molar-refractivity contribution < 1.29 is 13.2 Å². The molecule has 1 rings (SSSR count). The van der Waals surface area contributed by atoms with Gasteiger partial charge in [-0.1, -0.05) is 0 Å². The number of methoxy groups -OCH3 is 1. The third kappa shape index (κ3) is 3.84. The standard InChI is InChI=1S/C13H23N3O3S/c1-9-6-12(19-5)13(7-11(9)14)20(17,18)15-8-10(2)16(3)4/h6-7,10,15H,8,14H2,1-5H3. The summed E-state index contributed by atoms with van der Waals surface area (Å²) in [7, 11) is 1.57. The summed E-state index contributed by atoms with van der Waals surface area (Å²) in [5, 5.41) is 0. The van der Waals surface area contributed by atoms with Crippen LogP contribution in [0.2, 0.25) is 0 Å². The molecule has 0 bridgehead atoms. The van der Waals surface area contributed by atoms with Crippen LogP contribution in [0.1, 0.15) is 12.5 Å². The van der Waals surface area contributed by atoms with Crippen LogP contribution in [0.4, 0.5) is 5.69 Å². The molecule has 20 heavy (non-hydrogen) atoms. The van der Waals surface area contributed by atoms with Gasteiger partial charge in [-0.25, -0.2) is 13.1 Å². The van der Waals surface area contributed by atoms with E-state index in [1.54, 1.807) is 13.0 Å². The predicted octanol–water partition coefficient (Wildman–Crippen LogP) is 0.814. The van der Waals surface area contributed by atoms with Gasteiger partial charge < -0.3 is 15.4 Å². The number of nitrogens with zero attached hydrogens (tertiary/aromatic N) is 1. The highest BCUT2D eigenvalue weighted by atomic mass is 32.2. The van der Waals surface area contributed by atoms with Gasteiger partial charge in [-0.15, -0.1) is 0 Å². The van der Waals surface area contributed by atoms with E-state index in [9.17, 15) is 8.42 Å². The lowest BCUT2D eigenvalue weighted by molar-refractivity contribution is 0.313. The van der Waals surface area contributed by atoms with E-state index in [1.807, 2.05) is 25.9 Å². The van der Waals surface area contributed by atoms with E-state index in [1.165, 1.54) is 13.2 Å². The van der Waals surface area contributed by atoms with Crippen LogP contribution in [0.25, 0.3) is 0 Å². The molecule has 6 nitrogen and oxygen atoms in total. The van der Waals surface area contributed by atoms with Gasteiger partial charge in [0.15, 0.2) is 0 Å². The molecule has 1 aromatic carbocycles. The van der Waals surface area contributed by atoms with Crippen LogP contribution >= 0.6 is 0 Å². The average Bonchev–Trinajstić information content (AvgIpc) is 2.38. The van der Waals surface area contributed by atoms with E-state index in [0.29, 0.717) is 18.0 Å². The highest BCUT2D eigenvalue weighted by Gasteiger charge is 2.21. The average molecular weight is 301 g/mol. The van der Waals surface area contributed by atoms with Gasteiger partial charge in [0.05, 0.1) is 7.11 Å². The van der Waals surface area contributed by atoms with Gasteiger partial charge in [-0.2, -0.15) is 0 Å². The topological polar surface area (TPSA) is 84.7 Å². The molecule has 1 atom stereocenters. The van der Waals surface area contributed by atoms with E-state index in [2.05, 4.69) is 4.72 Å². The normalized spacial score (nSPS) is 13.5. The van der Waals surface area contributed by atoms with Crippen molar-refractivity contribution in [2.75, 3.05) is 33.5 Å². The smallest absolute Gasteiger partial charge is 0.244 e. The number of ether oxygens (including phenoxy) is 1. The lowest BCUT2D eigenvalue weighted by Crippen LogP contribution is -2.38.